The molecule has 0 aliphatic heterocycles. The Morgan fingerprint density at radius 3 is 2.83 bits per heavy atom. The number of ether oxygens (including phenoxy) is 1. The fourth-order valence-electron chi connectivity index (χ4n) is 1.73. The lowest BCUT2D eigenvalue weighted by molar-refractivity contribution is 0.0374. The summed E-state index contributed by atoms with van der Waals surface area (Å²) >= 11 is 0. The van der Waals surface area contributed by atoms with Crippen LogP contribution in [0.2, 0.25) is 0 Å². The van der Waals surface area contributed by atoms with Gasteiger partial charge in [-0.15, -0.1) is 0 Å². The Hall–Kier alpha value is -1.40. The number of nitrogens with zero attached hydrogens (tertiary/aromatic N) is 3. The average molecular weight is 255 g/mol. The van der Waals surface area contributed by atoms with Gasteiger partial charge in [0.15, 0.2) is 0 Å². The van der Waals surface area contributed by atoms with Gasteiger partial charge in [0.05, 0.1) is 12.7 Å². The van der Waals surface area contributed by atoms with E-state index < -0.39 is 6.10 Å². The Bertz CT molecular complexity index is 390. The van der Waals surface area contributed by atoms with Gasteiger partial charge in [-0.25, -0.2) is 0 Å². The summed E-state index contributed by atoms with van der Waals surface area (Å²) in [6, 6.07) is 1.80. The molecule has 0 aliphatic rings. The molecule has 6 nitrogen and oxygen atoms in total. The molecule has 0 spiro atoms. The van der Waals surface area contributed by atoms with Crippen molar-refractivity contribution in [2.75, 3.05) is 27.3 Å². The maximum absolute atomic E-state index is 12.2. The minimum absolute atomic E-state index is 0.122. The van der Waals surface area contributed by atoms with E-state index in [2.05, 4.69) is 5.10 Å². The van der Waals surface area contributed by atoms with Crippen molar-refractivity contribution in [2.45, 2.75) is 26.0 Å². The van der Waals surface area contributed by atoms with E-state index in [0.29, 0.717) is 5.69 Å². The predicted octanol–water partition coefficient (Wildman–Crippen LogP) is 0.543. The molecule has 1 aromatic heterocycles. The maximum atomic E-state index is 12.2. The fraction of sp³-hybridized carbons (Fsp3) is 0.667. The largest absolute Gasteiger partial charge is 0.389 e. The molecular formula is C12H21N3O3. The van der Waals surface area contributed by atoms with E-state index in [4.69, 9.17) is 4.74 Å². The summed E-state index contributed by atoms with van der Waals surface area (Å²) in [5, 5.41) is 13.7. The zero-order valence-electron chi connectivity index (χ0n) is 11.3. The average Bonchev–Trinajstić information content (AvgIpc) is 2.76. The molecule has 1 amide bonds. The number of carbonyl (C=O) groups is 1. The molecule has 102 valence electrons. The second-order valence-electron chi connectivity index (χ2n) is 4.55. The molecule has 1 atom stereocenters. The molecule has 0 saturated carbocycles. The number of hydrogen-bond donors (Lipinski definition) is 1. The van der Waals surface area contributed by atoms with E-state index in [1.54, 1.807) is 24.0 Å². The second kappa shape index (κ2) is 6.51. The first-order chi connectivity index (χ1) is 8.47. The van der Waals surface area contributed by atoms with Crippen LogP contribution in [-0.2, 0) is 4.74 Å². The van der Waals surface area contributed by atoms with E-state index in [9.17, 15) is 9.90 Å². The molecule has 1 N–H and O–H groups in total. The van der Waals surface area contributed by atoms with E-state index >= 15 is 0 Å². The SMILES string of the molecule is COCC(O)CN(C)C(=O)c1ccnn1C(C)C. The molecule has 0 aliphatic carbocycles. The number of hydrogen-bond acceptors (Lipinski definition) is 4. The second-order valence-corrected chi connectivity index (χ2v) is 4.55. The Balaban J connectivity index is 2.71. The first kappa shape index (κ1) is 14.7. The zero-order valence-corrected chi connectivity index (χ0v) is 11.3. The van der Waals surface area contributed by atoms with Crippen LogP contribution >= 0.6 is 0 Å². The van der Waals surface area contributed by atoms with Gasteiger partial charge in [-0.2, -0.15) is 5.10 Å². The van der Waals surface area contributed by atoms with Crippen molar-refractivity contribution in [2.24, 2.45) is 0 Å². The third kappa shape index (κ3) is 3.54. The molecule has 0 fully saturated rings. The van der Waals surface area contributed by atoms with Gasteiger partial charge in [-0.05, 0) is 19.9 Å². The maximum Gasteiger partial charge on any atom is 0.271 e. The Kier molecular flexibility index (Phi) is 5.30. The Morgan fingerprint density at radius 2 is 2.28 bits per heavy atom. The molecule has 0 aromatic carbocycles. The van der Waals surface area contributed by atoms with Crippen LogP contribution in [0, 0.1) is 0 Å². The molecule has 0 bridgehead atoms. The number of methoxy groups -OCH3 is 1. The van der Waals surface area contributed by atoms with Crippen LogP contribution in [0.4, 0.5) is 0 Å². The lowest BCUT2D eigenvalue weighted by Crippen LogP contribution is -2.37. The number of aliphatic hydroxyl groups is 1. The van der Waals surface area contributed by atoms with Gasteiger partial charge in [0.25, 0.3) is 5.91 Å². The summed E-state index contributed by atoms with van der Waals surface area (Å²) in [6.45, 7) is 4.37. The monoisotopic (exact) mass is 255 g/mol. The topological polar surface area (TPSA) is 67.6 Å². The molecule has 1 heterocycles. The summed E-state index contributed by atoms with van der Waals surface area (Å²) in [4.78, 5) is 13.7. The van der Waals surface area contributed by atoms with E-state index in [1.807, 2.05) is 13.8 Å². The number of rotatable bonds is 6. The van der Waals surface area contributed by atoms with Gasteiger partial charge < -0.3 is 14.7 Å². The predicted molar refractivity (Wildman–Crippen MR) is 67.5 cm³/mol. The van der Waals surface area contributed by atoms with Gasteiger partial charge >= 0.3 is 0 Å². The summed E-state index contributed by atoms with van der Waals surface area (Å²) in [7, 11) is 3.16. The Labute approximate surface area is 107 Å². The number of likely N-dealkylation sites (N-methyl/N-ethyl adjacent to an activating group) is 1. The molecule has 1 rings (SSSR count). The first-order valence-corrected chi connectivity index (χ1v) is 5.93. The van der Waals surface area contributed by atoms with Crippen molar-refractivity contribution in [3.8, 4) is 0 Å². The third-order valence-electron chi connectivity index (χ3n) is 2.57. The fourth-order valence-corrected chi connectivity index (χ4v) is 1.73. The van der Waals surface area contributed by atoms with Crippen molar-refractivity contribution < 1.29 is 14.6 Å². The van der Waals surface area contributed by atoms with Crippen LogP contribution in [0.5, 0.6) is 0 Å². The van der Waals surface area contributed by atoms with Gasteiger partial charge in [-0.1, -0.05) is 0 Å². The molecule has 1 unspecified atom stereocenters. The van der Waals surface area contributed by atoms with E-state index in [1.165, 1.54) is 12.0 Å². The van der Waals surface area contributed by atoms with Crippen LogP contribution < -0.4 is 0 Å². The van der Waals surface area contributed by atoms with Crippen LogP contribution in [0.25, 0.3) is 0 Å². The van der Waals surface area contributed by atoms with Crippen molar-refractivity contribution in [3.63, 3.8) is 0 Å². The summed E-state index contributed by atoms with van der Waals surface area (Å²) < 4.78 is 6.50. The summed E-state index contributed by atoms with van der Waals surface area (Å²) in [6.07, 6.45) is 0.923. The van der Waals surface area contributed by atoms with Crippen molar-refractivity contribution in [3.05, 3.63) is 18.0 Å². The molecule has 6 heteroatoms. The molecular weight excluding hydrogens is 234 g/mol. The molecule has 18 heavy (non-hydrogen) atoms. The number of carbonyl (C=O) groups excluding carboxylic acids is 1. The van der Waals surface area contributed by atoms with E-state index in [0.717, 1.165) is 0 Å². The number of aliphatic hydroxyl groups excluding tert-OH is 1. The minimum atomic E-state index is -0.681. The van der Waals surface area contributed by atoms with Crippen molar-refractivity contribution in [1.82, 2.24) is 14.7 Å². The smallest absolute Gasteiger partial charge is 0.271 e. The summed E-state index contributed by atoms with van der Waals surface area (Å²) in [5.74, 6) is -0.156. The van der Waals surface area contributed by atoms with Crippen LogP contribution in [0.3, 0.4) is 0 Å². The standard InChI is InChI=1S/C12H21N3O3/c1-9(2)15-11(5-6-13-15)12(17)14(3)7-10(16)8-18-4/h5-6,9-10,16H,7-8H2,1-4H3. The minimum Gasteiger partial charge on any atom is -0.389 e. The highest BCUT2D eigenvalue weighted by atomic mass is 16.5. The molecule has 0 radical (unpaired) electrons. The van der Waals surface area contributed by atoms with Gasteiger partial charge in [0, 0.05) is 32.9 Å². The molecule has 0 saturated heterocycles. The van der Waals surface area contributed by atoms with Crippen LogP contribution in [-0.4, -0.2) is 59.1 Å². The van der Waals surface area contributed by atoms with Crippen molar-refractivity contribution in [1.29, 1.82) is 0 Å². The number of amides is 1. The highest BCUT2D eigenvalue weighted by molar-refractivity contribution is 5.92. The highest BCUT2D eigenvalue weighted by Crippen LogP contribution is 2.10. The van der Waals surface area contributed by atoms with Crippen molar-refractivity contribution >= 4 is 5.91 Å². The van der Waals surface area contributed by atoms with Gasteiger partial charge in [-0.3, -0.25) is 9.48 Å². The van der Waals surface area contributed by atoms with Gasteiger partial charge in [0.1, 0.15) is 5.69 Å². The lowest BCUT2D eigenvalue weighted by Gasteiger charge is -2.21. The van der Waals surface area contributed by atoms with Crippen LogP contribution in [0.15, 0.2) is 12.3 Å². The lowest BCUT2D eigenvalue weighted by atomic mass is 10.3. The quantitative estimate of drug-likeness (QED) is 0.805. The van der Waals surface area contributed by atoms with Gasteiger partial charge in [0.2, 0.25) is 0 Å². The normalized spacial score (nSPS) is 12.8. The molecule has 1 aromatic rings. The summed E-state index contributed by atoms with van der Waals surface area (Å²) in [5.41, 5.74) is 0.525. The zero-order chi connectivity index (χ0) is 13.7. The van der Waals surface area contributed by atoms with Crippen LogP contribution in [0.1, 0.15) is 30.4 Å². The third-order valence-corrected chi connectivity index (χ3v) is 2.57. The first-order valence-electron chi connectivity index (χ1n) is 5.93. The number of aromatic nitrogens is 2. The Morgan fingerprint density at radius 1 is 1.61 bits per heavy atom. The van der Waals surface area contributed by atoms with E-state index in [-0.39, 0.29) is 25.1 Å². The highest BCUT2D eigenvalue weighted by Gasteiger charge is 2.19.